The van der Waals surface area contributed by atoms with E-state index >= 15 is 0 Å². The lowest BCUT2D eigenvalue weighted by Crippen LogP contribution is -2.47. The highest BCUT2D eigenvalue weighted by Gasteiger charge is 2.52. The van der Waals surface area contributed by atoms with Gasteiger partial charge in [-0.25, -0.2) is 9.67 Å². The van der Waals surface area contributed by atoms with Gasteiger partial charge in [0.1, 0.15) is 5.75 Å². The topological polar surface area (TPSA) is 77.2 Å². The van der Waals surface area contributed by atoms with Crippen LogP contribution < -0.4 is 4.74 Å². The predicted molar refractivity (Wildman–Crippen MR) is 146 cm³/mol. The molecule has 9 heteroatoms. The fraction of sp³-hybridized carbons (Fsp3) is 0.344. The largest absolute Gasteiger partial charge is 0.481 e. The van der Waals surface area contributed by atoms with Crippen molar-refractivity contribution in [3.8, 4) is 17.1 Å². The van der Waals surface area contributed by atoms with Gasteiger partial charge in [0.2, 0.25) is 0 Å². The molecule has 0 radical (unpaired) electrons. The minimum Gasteiger partial charge on any atom is -0.481 e. The second-order valence-electron chi connectivity index (χ2n) is 11.1. The van der Waals surface area contributed by atoms with Crippen LogP contribution in [0.2, 0.25) is 0 Å². The number of alkyl halides is 3. The standard InChI is InChI=1S/C32H30F3N3O3/c33-32(34,35)25-13-15-26(16-14-25)41-31(19-17-30(18-20-31,29(39)40)24-9-5-2-6-10-24)28-36-27(23-7-3-1-4-8-23)38(37-28)21-22-11-12-22/h1-10,13-16,22H,11-12,17-21H2,(H,39,40). The monoisotopic (exact) mass is 561 g/mol. The van der Waals surface area contributed by atoms with Crippen molar-refractivity contribution in [3.05, 3.63) is 102 Å². The van der Waals surface area contributed by atoms with Crippen LogP contribution in [0.15, 0.2) is 84.9 Å². The summed E-state index contributed by atoms with van der Waals surface area (Å²) < 4.78 is 48.1. The molecule has 1 N–H and O–H groups in total. The molecule has 0 unspecified atom stereocenters. The summed E-state index contributed by atoms with van der Waals surface area (Å²) in [5.41, 5.74) is -1.39. The molecule has 1 heterocycles. The third-order valence-corrected chi connectivity index (χ3v) is 8.38. The van der Waals surface area contributed by atoms with Crippen molar-refractivity contribution in [1.29, 1.82) is 0 Å². The first kappa shape index (κ1) is 27.1. The van der Waals surface area contributed by atoms with E-state index in [0.717, 1.165) is 30.5 Å². The average Bonchev–Trinajstić information content (AvgIpc) is 3.69. The van der Waals surface area contributed by atoms with Crippen LogP contribution in [-0.2, 0) is 28.5 Å². The lowest BCUT2D eigenvalue weighted by molar-refractivity contribution is -0.147. The Morgan fingerprint density at radius 2 is 1.51 bits per heavy atom. The first-order valence-electron chi connectivity index (χ1n) is 13.8. The molecule has 2 fully saturated rings. The van der Waals surface area contributed by atoms with Crippen molar-refractivity contribution in [1.82, 2.24) is 14.8 Å². The van der Waals surface area contributed by atoms with Gasteiger partial charge in [-0.15, -0.1) is 0 Å². The number of ether oxygens (including phenoxy) is 1. The Labute approximate surface area is 235 Å². The molecule has 0 bridgehead atoms. The molecule has 0 amide bonds. The molecule has 6 nitrogen and oxygen atoms in total. The van der Waals surface area contributed by atoms with Crippen molar-refractivity contribution >= 4 is 5.97 Å². The number of rotatable bonds is 8. The highest BCUT2D eigenvalue weighted by Crippen LogP contribution is 2.49. The zero-order chi connectivity index (χ0) is 28.7. The second kappa shape index (κ2) is 10.4. The van der Waals surface area contributed by atoms with Gasteiger partial charge in [0.15, 0.2) is 17.2 Å². The van der Waals surface area contributed by atoms with Crippen molar-refractivity contribution < 1.29 is 27.8 Å². The fourth-order valence-electron chi connectivity index (χ4n) is 5.78. The summed E-state index contributed by atoms with van der Waals surface area (Å²) in [7, 11) is 0. The number of hydrogen-bond acceptors (Lipinski definition) is 4. The van der Waals surface area contributed by atoms with Gasteiger partial charge in [-0.2, -0.15) is 18.3 Å². The number of aliphatic carboxylic acids is 1. The number of benzene rings is 3. The van der Waals surface area contributed by atoms with Crippen LogP contribution in [0, 0.1) is 5.92 Å². The summed E-state index contributed by atoms with van der Waals surface area (Å²) in [6.07, 6.45) is -1.17. The van der Waals surface area contributed by atoms with Crippen LogP contribution >= 0.6 is 0 Å². The molecule has 212 valence electrons. The predicted octanol–water partition coefficient (Wildman–Crippen LogP) is 7.24. The average molecular weight is 562 g/mol. The maximum Gasteiger partial charge on any atom is 0.416 e. The molecular formula is C32H30F3N3O3. The summed E-state index contributed by atoms with van der Waals surface area (Å²) in [6, 6.07) is 23.5. The van der Waals surface area contributed by atoms with E-state index < -0.39 is 28.7 Å². The Balaban J connectivity index is 1.41. The lowest BCUT2D eigenvalue weighted by Gasteiger charge is -2.43. The minimum absolute atomic E-state index is 0.250. The van der Waals surface area contributed by atoms with Crippen LogP contribution in [0.1, 0.15) is 55.5 Å². The molecule has 4 aromatic rings. The molecule has 6 rings (SSSR count). The van der Waals surface area contributed by atoms with Gasteiger partial charge >= 0.3 is 12.1 Å². The summed E-state index contributed by atoms with van der Waals surface area (Å²) in [5, 5.41) is 15.3. The van der Waals surface area contributed by atoms with E-state index in [1.165, 1.54) is 12.1 Å². The van der Waals surface area contributed by atoms with Gasteiger partial charge in [-0.3, -0.25) is 4.79 Å². The molecule has 2 saturated carbocycles. The van der Waals surface area contributed by atoms with Crippen molar-refractivity contribution in [3.63, 3.8) is 0 Å². The first-order valence-corrected chi connectivity index (χ1v) is 13.8. The number of nitrogens with zero attached hydrogens (tertiary/aromatic N) is 3. The zero-order valence-electron chi connectivity index (χ0n) is 22.3. The van der Waals surface area contributed by atoms with Gasteiger partial charge in [0.05, 0.1) is 11.0 Å². The molecule has 2 aliphatic rings. The maximum absolute atomic E-state index is 13.2. The van der Waals surface area contributed by atoms with E-state index in [-0.39, 0.29) is 31.4 Å². The Hall–Kier alpha value is -4.14. The molecule has 41 heavy (non-hydrogen) atoms. The van der Waals surface area contributed by atoms with Gasteiger partial charge in [-0.1, -0.05) is 60.7 Å². The molecule has 0 aliphatic heterocycles. The quantitative estimate of drug-likeness (QED) is 0.245. The molecular weight excluding hydrogens is 531 g/mol. The molecule has 0 saturated heterocycles. The van der Waals surface area contributed by atoms with E-state index in [9.17, 15) is 23.1 Å². The fourth-order valence-corrected chi connectivity index (χ4v) is 5.78. The smallest absolute Gasteiger partial charge is 0.416 e. The molecule has 0 atom stereocenters. The molecule has 0 spiro atoms. The Kier molecular flexibility index (Phi) is 6.83. The summed E-state index contributed by atoms with van der Waals surface area (Å²) in [5.74, 6) is 0.970. The maximum atomic E-state index is 13.2. The lowest BCUT2D eigenvalue weighted by atomic mass is 9.65. The number of halogens is 3. The van der Waals surface area contributed by atoms with Crippen molar-refractivity contribution in [2.75, 3.05) is 0 Å². The number of hydrogen-bond donors (Lipinski definition) is 1. The first-order chi connectivity index (χ1) is 19.7. The van der Waals surface area contributed by atoms with E-state index in [0.29, 0.717) is 29.7 Å². The van der Waals surface area contributed by atoms with E-state index in [1.807, 2.05) is 65.3 Å². The van der Waals surface area contributed by atoms with Gasteiger partial charge in [0, 0.05) is 12.1 Å². The number of carbonyl (C=O) groups is 1. The second-order valence-corrected chi connectivity index (χ2v) is 11.1. The van der Waals surface area contributed by atoms with E-state index in [2.05, 4.69) is 0 Å². The van der Waals surface area contributed by atoms with Crippen LogP contribution in [0.5, 0.6) is 5.75 Å². The molecule has 1 aromatic heterocycles. The SMILES string of the molecule is O=C(O)C1(c2ccccc2)CCC(Oc2ccc(C(F)(F)F)cc2)(c2nc(-c3ccccc3)n(CC3CC3)n2)CC1. The van der Waals surface area contributed by atoms with Gasteiger partial charge < -0.3 is 9.84 Å². The Morgan fingerprint density at radius 3 is 2.07 bits per heavy atom. The van der Waals surface area contributed by atoms with Crippen LogP contribution in [0.3, 0.4) is 0 Å². The van der Waals surface area contributed by atoms with Crippen molar-refractivity contribution in [2.45, 2.75) is 62.3 Å². The summed E-state index contributed by atoms with van der Waals surface area (Å²) >= 11 is 0. The van der Waals surface area contributed by atoms with E-state index in [4.69, 9.17) is 14.8 Å². The zero-order valence-corrected chi connectivity index (χ0v) is 22.3. The number of carboxylic acids is 1. The Bertz CT molecular complexity index is 1510. The number of aromatic nitrogens is 3. The third kappa shape index (κ3) is 5.33. The highest BCUT2D eigenvalue weighted by atomic mass is 19.4. The van der Waals surface area contributed by atoms with Crippen LogP contribution in [-0.4, -0.2) is 25.8 Å². The molecule has 3 aromatic carbocycles. The van der Waals surface area contributed by atoms with Gasteiger partial charge in [-0.05, 0) is 74.3 Å². The summed E-state index contributed by atoms with van der Waals surface area (Å²) in [6.45, 7) is 0.705. The van der Waals surface area contributed by atoms with E-state index in [1.54, 1.807) is 0 Å². The summed E-state index contributed by atoms with van der Waals surface area (Å²) in [4.78, 5) is 17.7. The van der Waals surface area contributed by atoms with Crippen molar-refractivity contribution in [2.24, 2.45) is 5.92 Å². The minimum atomic E-state index is -4.47. The van der Waals surface area contributed by atoms with Crippen LogP contribution in [0.4, 0.5) is 13.2 Å². The van der Waals surface area contributed by atoms with Crippen LogP contribution in [0.25, 0.3) is 11.4 Å². The number of carboxylic acid groups (broad SMARTS) is 1. The Morgan fingerprint density at radius 1 is 0.902 bits per heavy atom. The molecule has 2 aliphatic carbocycles. The van der Waals surface area contributed by atoms with Gasteiger partial charge in [0.25, 0.3) is 0 Å². The third-order valence-electron chi connectivity index (χ3n) is 8.38. The highest BCUT2D eigenvalue weighted by molar-refractivity contribution is 5.81. The normalized spacial score (nSPS) is 22.8.